The van der Waals surface area contributed by atoms with Gasteiger partial charge in [-0.2, -0.15) is 0 Å². The van der Waals surface area contributed by atoms with E-state index in [-0.39, 0.29) is 16.0 Å². The molecule has 3 rings (SSSR count). The smallest absolute Gasteiger partial charge is 0.292 e. The molecule has 2 saturated heterocycles. The quantitative estimate of drug-likeness (QED) is 0.668. The zero-order chi connectivity index (χ0) is 13.5. The number of rotatable bonds is 2. The first kappa shape index (κ1) is 12.7. The summed E-state index contributed by atoms with van der Waals surface area (Å²) in [6.45, 7) is 3.80. The van der Waals surface area contributed by atoms with Gasteiger partial charge in [0.2, 0.25) is 0 Å². The van der Waals surface area contributed by atoms with E-state index in [1.165, 1.54) is 6.07 Å². The molecule has 0 saturated carbocycles. The van der Waals surface area contributed by atoms with E-state index in [2.05, 4.69) is 10.2 Å². The first-order valence-electron chi connectivity index (χ1n) is 6.49. The lowest BCUT2D eigenvalue weighted by Crippen LogP contribution is -2.29. The lowest BCUT2D eigenvalue weighted by atomic mass is 9.86. The van der Waals surface area contributed by atoms with Crippen molar-refractivity contribution in [3.63, 3.8) is 0 Å². The highest BCUT2D eigenvalue weighted by atomic mass is 35.5. The van der Waals surface area contributed by atoms with Gasteiger partial charge in [0.05, 0.1) is 4.92 Å². The summed E-state index contributed by atoms with van der Waals surface area (Å²) in [5.74, 6) is 0. The third-order valence-electron chi connectivity index (χ3n) is 4.25. The van der Waals surface area contributed by atoms with E-state index in [0.717, 1.165) is 39.0 Å². The van der Waals surface area contributed by atoms with Gasteiger partial charge in [-0.05, 0) is 31.5 Å². The fourth-order valence-electron chi connectivity index (χ4n) is 3.19. The van der Waals surface area contributed by atoms with Gasteiger partial charge in [-0.3, -0.25) is 10.1 Å². The van der Waals surface area contributed by atoms with Gasteiger partial charge in [0.15, 0.2) is 0 Å². The molecular weight excluding hydrogens is 266 g/mol. The molecule has 2 fully saturated rings. The Bertz CT molecular complexity index is 515. The molecule has 1 unspecified atom stereocenters. The van der Waals surface area contributed by atoms with Crippen LogP contribution in [0.2, 0.25) is 5.02 Å². The summed E-state index contributed by atoms with van der Waals surface area (Å²) >= 11 is 5.99. The van der Waals surface area contributed by atoms with Crippen LogP contribution < -0.4 is 10.2 Å². The Morgan fingerprint density at radius 1 is 1.42 bits per heavy atom. The van der Waals surface area contributed by atoms with Gasteiger partial charge in [0.25, 0.3) is 5.69 Å². The van der Waals surface area contributed by atoms with Crippen molar-refractivity contribution in [2.45, 2.75) is 12.8 Å². The van der Waals surface area contributed by atoms with Crippen LogP contribution in [0.3, 0.4) is 0 Å². The van der Waals surface area contributed by atoms with E-state index in [0.29, 0.717) is 10.7 Å². The number of nitrogens with one attached hydrogen (secondary N) is 1. The van der Waals surface area contributed by atoms with E-state index < -0.39 is 0 Å². The Morgan fingerprint density at radius 2 is 2.26 bits per heavy atom. The molecule has 5 nitrogen and oxygen atoms in total. The Hall–Kier alpha value is -1.33. The summed E-state index contributed by atoms with van der Waals surface area (Å²) in [7, 11) is 0. The highest BCUT2D eigenvalue weighted by Crippen LogP contribution is 2.41. The predicted molar refractivity (Wildman–Crippen MR) is 74.9 cm³/mol. The second-order valence-electron chi connectivity index (χ2n) is 5.49. The number of nitrogens with zero attached hydrogens (tertiary/aromatic N) is 2. The Labute approximate surface area is 116 Å². The van der Waals surface area contributed by atoms with Crippen molar-refractivity contribution in [3.05, 3.63) is 33.3 Å². The van der Waals surface area contributed by atoms with E-state index >= 15 is 0 Å². The molecule has 1 spiro atoms. The van der Waals surface area contributed by atoms with Crippen LogP contribution in [-0.4, -0.2) is 31.1 Å². The minimum atomic E-state index is -0.330. The average Bonchev–Trinajstić information content (AvgIpc) is 3.00. The number of hydrogen-bond acceptors (Lipinski definition) is 4. The number of hydrogen-bond donors (Lipinski definition) is 1. The maximum absolute atomic E-state index is 11.1. The molecule has 2 heterocycles. The number of nitro benzene ring substituents is 1. The molecule has 1 aromatic carbocycles. The first-order valence-corrected chi connectivity index (χ1v) is 6.87. The molecule has 2 aliphatic heterocycles. The summed E-state index contributed by atoms with van der Waals surface area (Å²) in [6, 6.07) is 4.78. The summed E-state index contributed by atoms with van der Waals surface area (Å²) in [5, 5.41) is 15.1. The fraction of sp³-hybridized carbons (Fsp3) is 0.538. The van der Waals surface area contributed by atoms with Crippen molar-refractivity contribution in [1.29, 1.82) is 0 Å². The largest absolute Gasteiger partial charge is 0.365 e. The molecule has 6 heteroatoms. The third-order valence-corrected chi connectivity index (χ3v) is 4.48. The topological polar surface area (TPSA) is 58.4 Å². The van der Waals surface area contributed by atoms with Gasteiger partial charge in [-0.25, -0.2) is 0 Å². The van der Waals surface area contributed by atoms with Gasteiger partial charge in [0, 0.05) is 36.1 Å². The van der Waals surface area contributed by atoms with E-state index in [9.17, 15) is 10.1 Å². The summed E-state index contributed by atoms with van der Waals surface area (Å²) < 4.78 is 0. The van der Waals surface area contributed by atoms with Crippen molar-refractivity contribution in [2.24, 2.45) is 5.41 Å². The monoisotopic (exact) mass is 281 g/mol. The number of anilines is 1. The molecule has 1 atom stereocenters. The Balaban J connectivity index is 1.90. The van der Waals surface area contributed by atoms with Crippen molar-refractivity contribution >= 4 is 23.0 Å². The maximum Gasteiger partial charge on any atom is 0.292 e. The zero-order valence-corrected chi connectivity index (χ0v) is 11.3. The Kier molecular flexibility index (Phi) is 3.11. The molecule has 1 N–H and O–H groups in total. The number of benzene rings is 1. The van der Waals surface area contributed by atoms with Gasteiger partial charge in [0.1, 0.15) is 5.69 Å². The van der Waals surface area contributed by atoms with Crippen LogP contribution in [0.25, 0.3) is 0 Å². The van der Waals surface area contributed by atoms with Crippen LogP contribution in [-0.2, 0) is 0 Å². The highest BCUT2D eigenvalue weighted by molar-refractivity contribution is 6.31. The molecular formula is C13H16ClN3O2. The molecule has 0 amide bonds. The number of halogens is 1. The van der Waals surface area contributed by atoms with Gasteiger partial charge in [-0.1, -0.05) is 11.6 Å². The van der Waals surface area contributed by atoms with Crippen LogP contribution in [0.5, 0.6) is 0 Å². The van der Waals surface area contributed by atoms with Crippen LogP contribution >= 0.6 is 11.6 Å². The second kappa shape index (κ2) is 4.65. The molecule has 2 aliphatic rings. The lowest BCUT2D eigenvalue weighted by molar-refractivity contribution is -0.384. The molecule has 0 radical (unpaired) electrons. The van der Waals surface area contributed by atoms with Gasteiger partial charge < -0.3 is 10.2 Å². The predicted octanol–water partition coefficient (Wildman–Crippen LogP) is 2.44. The van der Waals surface area contributed by atoms with Crippen molar-refractivity contribution in [2.75, 3.05) is 31.1 Å². The molecule has 19 heavy (non-hydrogen) atoms. The fourth-order valence-corrected chi connectivity index (χ4v) is 3.36. The second-order valence-corrected chi connectivity index (χ2v) is 5.92. The normalized spacial score (nSPS) is 26.3. The van der Waals surface area contributed by atoms with Gasteiger partial charge in [-0.15, -0.1) is 0 Å². The molecule has 0 aliphatic carbocycles. The Morgan fingerprint density at radius 3 is 2.95 bits per heavy atom. The standard InChI is InChI=1S/C13H16ClN3O2/c14-10-1-2-11(17(18)19)12(7-10)16-6-4-13(9-16)3-5-15-8-13/h1-2,7,15H,3-6,8-9H2. The van der Waals surface area contributed by atoms with Crippen molar-refractivity contribution < 1.29 is 4.92 Å². The summed E-state index contributed by atoms with van der Waals surface area (Å²) in [4.78, 5) is 12.9. The van der Waals surface area contributed by atoms with Crippen LogP contribution in [0.1, 0.15) is 12.8 Å². The minimum Gasteiger partial charge on any atom is -0.365 e. The summed E-state index contributed by atoms with van der Waals surface area (Å²) in [5.41, 5.74) is 1.09. The van der Waals surface area contributed by atoms with Crippen molar-refractivity contribution in [3.8, 4) is 0 Å². The maximum atomic E-state index is 11.1. The van der Waals surface area contributed by atoms with Crippen LogP contribution in [0.15, 0.2) is 18.2 Å². The minimum absolute atomic E-state index is 0.146. The molecule has 102 valence electrons. The third kappa shape index (κ3) is 2.28. The van der Waals surface area contributed by atoms with E-state index in [1.54, 1.807) is 12.1 Å². The van der Waals surface area contributed by atoms with Crippen LogP contribution in [0.4, 0.5) is 11.4 Å². The van der Waals surface area contributed by atoms with E-state index in [1.807, 2.05) is 0 Å². The lowest BCUT2D eigenvalue weighted by Gasteiger charge is -2.24. The first-order chi connectivity index (χ1) is 9.10. The molecule has 0 aromatic heterocycles. The SMILES string of the molecule is O=[N+]([O-])c1ccc(Cl)cc1N1CCC2(CCNC2)C1. The average molecular weight is 282 g/mol. The van der Waals surface area contributed by atoms with Crippen LogP contribution in [0, 0.1) is 15.5 Å². The molecule has 0 bridgehead atoms. The highest BCUT2D eigenvalue weighted by Gasteiger charge is 2.41. The molecule has 1 aromatic rings. The zero-order valence-electron chi connectivity index (χ0n) is 10.6. The van der Waals surface area contributed by atoms with Gasteiger partial charge >= 0.3 is 0 Å². The number of nitro groups is 1. The summed E-state index contributed by atoms with van der Waals surface area (Å²) in [6.07, 6.45) is 2.24. The van der Waals surface area contributed by atoms with E-state index in [4.69, 9.17) is 11.6 Å². The van der Waals surface area contributed by atoms with Crippen molar-refractivity contribution in [1.82, 2.24) is 5.32 Å².